The largest absolute Gasteiger partial charge is 0.573 e. The molecule has 1 aliphatic carbocycles. The number of hydrazone groups is 1. The van der Waals surface area contributed by atoms with Crippen LogP contribution in [0, 0.1) is 5.92 Å². The molecule has 0 amide bonds. The molecule has 0 radical (unpaired) electrons. The molecule has 0 aliphatic heterocycles. The molecule has 0 fully saturated rings. The van der Waals surface area contributed by atoms with Crippen molar-refractivity contribution < 1.29 is 17.9 Å². The van der Waals surface area contributed by atoms with Crippen molar-refractivity contribution in [2.75, 3.05) is 17.7 Å². The maximum atomic E-state index is 12.5. The lowest BCUT2D eigenvalue weighted by atomic mass is 9.90. The highest BCUT2D eigenvalue weighted by Gasteiger charge is 2.31. The van der Waals surface area contributed by atoms with Crippen molar-refractivity contribution in [3.63, 3.8) is 0 Å². The average molecular weight is 558 g/mol. The summed E-state index contributed by atoms with van der Waals surface area (Å²) >= 11 is 5.40. The molecule has 0 unspecified atom stereocenters. The molecule has 3 N–H and O–H groups in total. The van der Waals surface area contributed by atoms with Gasteiger partial charge in [0, 0.05) is 18.9 Å². The molecule has 1 heterocycles. The average Bonchev–Trinajstić information content (AvgIpc) is 3.33. The molecular formula is C27H30F3N7OS. The third-order valence-corrected chi connectivity index (χ3v) is 6.36. The zero-order valence-corrected chi connectivity index (χ0v) is 22.6. The van der Waals surface area contributed by atoms with E-state index in [4.69, 9.17) is 12.2 Å². The minimum Gasteiger partial charge on any atom is -0.406 e. The first-order valence-electron chi connectivity index (χ1n) is 12.5. The first kappa shape index (κ1) is 28.1. The molecule has 12 heteroatoms. The highest BCUT2D eigenvalue weighted by molar-refractivity contribution is 7.80. The zero-order valence-electron chi connectivity index (χ0n) is 21.8. The second-order valence-corrected chi connectivity index (χ2v) is 9.72. The number of hydrogen-bond donors (Lipinski definition) is 3. The molecule has 3 aromatic rings. The van der Waals surface area contributed by atoms with Gasteiger partial charge >= 0.3 is 6.36 Å². The van der Waals surface area contributed by atoms with Crippen LogP contribution in [0.5, 0.6) is 5.75 Å². The second-order valence-electron chi connectivity index (χ2n) is 9.31. The van der Waals surface area contributed by atoms with Gasteiger partial charge in [-0.15, -0.1) is 18.3 Å². The number of allylic oxidation sites excluding steroid dienone is 2. The summed E-state index contributed by atoms with van der Waals surface area (Å²) in [6.07, 6.45) is 1.60. The van der Waals surface area contributed by atoms with Gasteiger partial charge in [-0.3, -0.25) is 5.43 Å². The van der Waals surface area contributed by atoms with Crippen LogP contribution in [0.25, 0.3) is 11.3 Å². The monoisotopic (exact) mass is 557 g/mol. The van der Waals surface area contributed by atoms with Gasteiger partial charge in [-0.1, -0.05) is 38.1 Å². The van der Waals surface area contributed by atoms with Crippen molar-refractivity contribution in [3.8, 4) is 11.4 Å². The molecule has 1 aliphatic rings. The summed E-state index contributed by atoms with van der Waals surface area (Å²) < 4.78 is 42.9. The Kier molecular flexibility index (Phi) is 8.85. The predicted octanol–water partition coefficient (Wildman–Crippen LogP) is 6.49. The number of nitrogens with zero attached hydrogens (tertiary/aromatic N) is 4. The summed E-state index contributed by atoms with van der Waals surface area (Å²) in [6.45, 7) is 4.27. The number of nitrogens with one attached hydrogen (secondary N) is 3. The molecule has 8 nitrogen and oxygen atoms in total. The van der Waals surface area contributed by atoms with E-state index < -0.39 is 6.36 Å². The zero-order chi connectivity index (χ0) is 28.0. The molecule has 4 rings (SSSR count). The van der Waals surface area contributed by atoms with Gasteiger partial charge in [-0.25, -0.2) is 0 Å². The molecule has 1 aromatic heterocycles. The van der Waals surface area contributed by atoms with Crippen LogP contribution < -0.4 is 20.8 Å². The maximum Gasteiger partial charge on any atom is 0.573 e. The van der Waals surface area contributed by atoms with Crippen LogP contribution in [0.15, 0.2) is 59.7 Å². The Hall–Kier alpha value is -3.93. The number of alkyl halides is 3. The smallest absolute Gasteiger partial charge is 0.406 e. The molecule has 2 aromatic carbocycles. The Bertz CT molecular complexity index is 1350. The molecule has 0 bridgehead atoms. The lowest BCUT2D eigenvalue weighted by Gasteiger charge is -2.17. The minimum atomic E-state index is -4.74. The minimum absolute atomic E-state index is 0.235. The van der Waals surface area contributed by atoms with Gasteiger partial charge in [0.1, 0.15) is 5.75 Å². The van der Waals surface area contributed by atoms with E-state index >= 15 is 0 Å². The fraction of sp³-hybridized carbons (Fsp3) is 0.333. The Labute approximate surface area is 230 Å². The quantitative estimate of drug-likeness (QED) is 0.166. The number of hydrogen-bond acceptors (Lipinski definition) is 6. The Morgan fingerprint density at radius 1 is 1.18 bits per heavy atom. The standard InChI is InChI=1S/C27H30F3N7OS/c1-17(2)22-6-4-5-7-23(22)33-26(39)35-32-16-18-8-10-19(11-9-18)24-34-25(31-3)37(36-24)20-12-14-21(15-13-20)38-27(28,29)30/h4-7,10,12-18H,8-9,11H2,1-3H3,(H,31,34,36)(H2,33,35,39)/t18-/m1/s1. The SMILES string of the molecule is CNc1nc(C2=CC[C@@H](C=NNC(=S)Nc3ccccc3C(C)C)CC2)nn1-c1ccc(OC(F)(F)F)cc1. The van der Waals surface area contributed by atoms with E-state index in [1.54, 1.807) is 11.7 Å². The molecule has 1 atom stereocenters. The van der Waals surface area contributed by atoms with Crippen LogP contribution >= 0.6 is 12.2 Å². The van der Waals surface area contributed by atoms with Gasteiger partial charge in [-0.2, -0.15) is 14.8 Å². The molecule has 0 saturated heterocycles. The van der Waals surface area contributed by atoms with E-state index in [0.29, 0.717) is 28.5 Å². The maximum absolute atomic E-state index is 12.5. The van der Waals surface area contributed by atoms with E-state index in [2.05, 4.69) is 62.0 Å². The van der Waals surface area contributed by atoms with Gasteiger partial charge < -0.3 is 15.4 Å². The number of rotatable bonds is 8. The van der Waals surface area contributed by atoms with E-state index in [1.807, 2.05) is 24.4 Å². The van der Waals surface area contributed by atoms with E-state index in [9.17, 15) is 13.2 Å². The van der Waals surface area contributed by atoms with Crippen LogP contribution in [0.3, 0.4) is 0 Å². The van der Waals surface area contributed by atoms with E-state index in [1.165, 1.54) is 29.8 Å². The molecular weight excluding hydrogens is 527 g/mol. The Morgan fingerprint density at radius 2 is 1.92 bits per heavy atom. The third-order valence-electron chi connectivity index (χ3n) is 6.17. The summed E-state index contributed by atoms with van der Waals surface area (Å²) in [5.41, 5.74) is 6.60. The van der Waals surface area contributed by atoms with Gasteiger partial charge in [0.15, 0.2) is 10.9 Å². The fourth-order valence-electron chi connectivity index (χ4n) is 4.24. The number of halogens is 3. The molecule has 39 heavy (non-hydrogen) atoms. The van der Waals surface area contributed by atoms with Crippen molar-refractivity contribution >= 4 is 40.8 Å². The second kappa shape index (κ2) is 12.3. The number of para-hydroxylation sites is 1. The Morgan fingerprint density at radius 3 is 2.56 bits per heavy atom. The van der Waals surface area contributed by atoms with E-state index in [0.717, 1.165) is 30.5 Å². The first-order chi connectivity index (χ1) is 18.6. The van der Waals surface area contributed by atoms with Crippen LogP contribution in [0.1, 0.15) is 50.4 Å². The predicted molar refractivity (Wildman–Crippen MR) is 151 cm³/mol. The topological polar surface area (TPSA) is 88.4 Å². The number of benzene rings is 2. The summed E-state index contributed by atoms with van der Waals surface area (Å²) in [7, 11) is 1.71. The number of thiocarbonyl (C=S) groups is 1. The normalized spacial score (nSPS) is 15.8. The van der Waals surface area contributed by atoms with Crippen molar-refractivity contribution in [1.82, 2.24) is 20.2 Å². The molecule has 206 valence electrons. The van der Waals surface area contributed by atoms with Crippen molar-refractivity contribution in [2.24, 2.45) is 11.0 Å². The van der Waals surface area contributed by atoms with Gasteiger partial charge in [-0.05, 0) is 84.8 Å². The van der Waals surface area contributed by atoms with Crippen LogP contribution in [0.2, 0.25) is 0 Å². The van der Waals surface area contributed by atoms with Gasteiger partial charge in [0.2, 0.25) is 5.95 Å². The van der Waals surface area contributed by atoms with Crippen LogP contribution in [-0.2, 0) is 0 Å². The summed E-state index contributed by atoms with van der Waals surface area (Å²) in [5, 5.41) is 15.5. The van der Waals surface area contributed by atoms with Crippen LogP contribution in [-0.4, -0.2) is 39.5 Å². The summed E-state index contributed by atoms with van der Waals surface area (Å²) in [4.78, 5) is 4.57. The lowest BCUT2D eigenvalue weighted by molar-refractivity contribution is -0.274. The summed E-state index contributed by atoms with van der Waals surface area (Å²) in [6, 6.07) is 13.5. The van der Waals surface area contributed by atoms with Crippen molar-refractivity contribution in [1.29, 1.82) is 0 Å². The number of anilines is 2. The lowest BCUT2D eigenvalue weighted by Crippen LogP contribution is -2.25. The molecule has 0 saturated carbocycles. The number of ether oxygens (including phenoxy) is 1. The van der Waals surface area contributed by atoms with Crippen molar-refractivity contribution in [3.05, 3.63) is 66.0 Å². The fourth-order valence-corrected chi connectivity index (χ4v) is 4.40. The number of aromatic nitrogens is 3. The van der Waals surface area contributed by atoms with E-state index in [-0.39, 0.29) is 11.7 Å². The highest BCUT2D eigenvalue weighted by Crippen LogP contribution is 2.30. The van der Waals surface area contributed by atoms with Gasteiger partial charge in [0.25, 0.3) is 0 Å². The summed E-state index contributed by atoms with van der Waals surface area (Å²) in [5.74, 6) is 1.35. The Balaban J connectivity index is 1.35. The third kappa shape index (κ3) is 7.56. The van der Waals surface area contributed by atoms with Crippen molar-refractivity contribution in [2.45, 2.75) is 45.4 Å². The first-order valence-corrected chi connectivity index (χ1v) is 12.9. The molecule has 0 spiro atoms. The van der Waals surface area contributed by atoms with Crippen LogP contribution in [0.4, 0.5) is 24.8 Å². The highest BCUT2D eigenvalue weighted by atomic mass is 32.1. The van der Waals surface area contributed by atoms with Gasteiger partial charge in [0.05, 0.1) is 5.69 Å².